The molecule has 8 nitrogen and oxygen atoms in total. The molecule has 3 aromatic rings. The molecule has 23 heavy (non-hydrogen) atoms. The summed E-state index contributed by atoms with van der Waals surface area (Å²) in [4.78, 5) is 12.0. The molecule has 0 aliphatic rings. The third kappa shape index (κ3) is 3.39. The van der Waals surface area contributed by atoms with Gasteiger partial charge in [-0.05, 0) is 31.2 Å². The molecule has 120 valence electrons. The lowest BCUT2D eigenvalue weighted by molar-refractivity contribution is -0.119. The van der Waals surface area contributed by atoms with Crippen molar-refractivity contribution >= 4 is 17.7 Å². The van der Waals surface area contributed by atoms with Gasteiger partial charge in [0.05, 0.1) is 24.3 Å². The van der Waals surface area contributed by atoms with Crippen LogP contribution in [-0.2, 0) is 4.79 Å². The van der Waals surface area contributed by atoms with E-state index in [1.165, 1.54) is 22.7 Å². The van der Waals surface area contributed by atoms with E-state index in [1.807, 2.05) is 13.0 Å². The molecular formula is C14H15N5O3S. The summed E-state index contributed by atoms with van der Waals surface area (Å²) in [6, 6.07) is 6.86. The van der Waals surface area contributed by atoms with Crippen LogP contribution in [0.3, 0.4) is 0 Å². The van der Waals surface area contributed by atoms with Crippen LogP contribution in [0.4, 0.5) is 0 Å². The highest BCUT2D eigenvalue weighted by molar-refractivity contribution is 7.99. The number of hydrogen-bond acceptors (Lipinski definition) is 7. The van der Waals surface area contributed by atoms with Gasteiger partial charge in [0.25, 0.3) is 0 Å². The number of nitrogens with zero attached hydrogens (tertiary/aromatic N) is 3. The quantitative estimate of drug-likeness (QED) is 0.522. The summed E-state index contributed by atoms with van der Waals surface area (Å²) in [5, 5.41) is 11.2. The second kappa shape index (κ2) is 6.61. The fourth-order valence-electron chi connectivity index (χ4n) is 1.97. The van der Waals surface area contributed by atoms with Crippen molar-refractivity contribution in [2.24, 2.45) is 0 Å². The minimum atomic E-state index is -0.201. The Morgan fingerprint density at radius 2 is 2.13 bits per heavy atom. The third-order valence-corrected chi connectivity index (χ3v) is 4.03. The minimum Gasteiger partial charge on any atom is -0.467 e. The molecule has 0 saturated carbocycles. The highest BCUT2D eigenvalue weighted by Gasteiger charge is 2.17. The van der Waals surface area contributed by atoms with Gasteiger partial charge in [-0.25, -0.2) is 4.68 Å². The topological polar surface area (TPSA) is 112 Å². The van der Waals surface area contributed by atoms with Gasteiger partial charge in [0.1, 0.15) is 5.76 Å². The molecule has 0 bridgehead atoms. The minimum absolute atomic E-state index is 0.151. The fourth-order valence-corrected chi connectivity index (χ4v) is 2.64. The fraction of sp³-hybridized carbons (Fsp3) is 0.214. The Morgan fingerprint density at radius 1 is 1.35 bits per heavy atom. The van der Waals surface area contributed by atoms with Crippen LogP contribution in [0.2, 0.25) is 0 Å². The number of nitrogens with one attached hydrogen (secondary N) is 1. The maximum absolute atomic E-state index is 12.0. The van der Waals surface area contributed by atoms with Crippen LogP contribution in [0.25, 0.3) is 11.6 Å². The number of furan rings is 2. The van der Waals surface area contributed by atoms with Crippen LogP contribution in [0.15, 0.2) is 50.8 Å². The van der Waals surface area contributed by atoms with Crippen LogP contribution >= 0.6 is 11.8 Å². The standard InChI is InChI=1S/C14H15N5O3S/c1-9(10-4-2-6-21-10)16-12(20)8-23-14-18-17-13(19(14)15)11-5-3-7-22-11/h2-7,9H,8,15H2,1H3,(H,16,20). The molecular weight excluding hydrogens is 318 g/mol. The first kappa shape index (κ1) is 15.2. The predicted octanol–water partition coefficient (Wildman–Crippen LogP) is 1.81. The van der Waals surface area contributed by atoms with Gasteiger partial charge in [0.15, 0.2) is 5.76 Å². The molecule has 1 unspecified atom stereocenters. The molecule has 0 spiro atoms. The maximum atomic E-state index is 12.0. The van der Waals surface area contributed by atoms with Crippen molar-refractivity contribution < 1.29 is 13.6 Å². The van der Waals surface area contributed by atoms with Crippen LogP contribution in [0, 0.1) is 0 Å². The molecule has 0 aromatic carbocycles. The van der Waals surface area contributed by atoms with E-state index in [0.29, 0.717) is 22.5 Å². The molecule has 0 radical (unpaired) electrons. The normalized spacial score (nSPS) is 12.2. The van der Waals surface area contributed by atoms with E-state index in [-0.39, 0.29) is 17.7 Å². The zero-order chi connectivity index (χ0) is 16.2. The Hall–Kier alpha value is -2.68. The number of rotatable bonds is 6. The predicted molar refractivity (Wildman–Crippen MR) is 83.9 cm³/mol. The first-order valence-electron chi connectivity index (χ1n) is 6.85. The summed E-state index contributed by atoms with van der Waals surface area (Å²) in [5.74, 6) is 7.56. The average molecular weight is 333 g/mol. The molecule has 9 heteroatoms. The van der Waals surface area contributed by atoms with Crippen LogP contribution in [0.1, 0.15) is 18.7 Å². The lowest BCUT2D eigenvalue weighted by atomic mass is 10.2. The maximum Gasteiger partial charge on any atom is 0.231 e. The number of hydrogen-bond donors (Lipinski definition) is 2. The van der Waals surface area contributed by atoms with E-state index in [1.54, 1.807) is 24.5 Å². The van der Waals surface area contributed by atoms with Crippen LogP contribution in [-0.4, -0.2) is 26.5 Å². The van der Waals surface area contributed by atoms with Gasteiger partial charge in [0, 0.05) is 0 Å². The lowest BCUT2D eigenvalue weighted by Gasteiger charge is -2.10. The summed E-state index contributed by atoms with van der Waals surface area (Å²) in [6.07, 6.45) is 3.10. The molecule has 1 atom stereocenters. The van der Waals surface area contributed by atoms with Crippen molar-refractivity contribution in [3.8, 4) is 11.6 Å². The van der Waals surface area contributed by atoms with E-state index < -0.39 is 0 Å². The van der Waals surface area contributed by atoms with Crippen LogP contribution in [0.5, 0.6) is 0 Å². The number of thioether (sulfide) groups is 1. The van der Waals surface area contributed by atoms with Crippen molar-refractivity contribution in [1.29, 1.82) is 0 Å². The summed E-state index contributed by atoms with van der Waals surface area (Å²) in [6.45, 7) is 1.85. The Labute approximate surface area is 136 Å². The molecule has 1 amide bonds. The lowest BCUT2D eigenvalue weighted by Crippen LogP contribution is -2.28. The number of amides is 1. The van der Waals surface area contributed by atoms with E-state index in [9.17, 15) is 4.79 Å². The van der Waals surface area contributed by atoms with Gasteiger partial charge in [-0.2, -0.15) is 0 Å². The van der Waals surface area contributed by atoms with Gasteiger partial charge >= 0.3 is 0 Å². The smallest absolute Gasteiger partial charge is 0.231 e. The van der Waals surface area contributed by atoms with Crippen molar-refractivity contribution in [1.82, 2.24) is 20.2 Å². The molecule has 0 saturated heterocycles. The number of nitrogens with two attached hydrogens (primary N) is 1. The molecule has 0 aliphatic carbocycles. The Morgan fingerprint density at radius 3 is 2.83 bits per heavy atom. The summed E-state index contributed by atoms with van der Waals surface area (Å²) in [5.41, 5.74) is 0. The van der Waals surface area contributed by atoms with Crippen molar-refractivity contribution in [3.05, 3.63) is 42.6 Å². The molecule has 3 rings (SSSR count). The number of carbonyl (C=O) groups excluding carboxylic acids is 1. The van der Waals surface area contributed by atoms with Crippen molar-refractivity contribution in [3.63, 3.8) is 0 Å². The Balaban J connectivity index is 1.57. The second-order valence-electron chi connectivity index (χ2n) is 4.75. The number of nitrogen functional groups attached to an aromatic ring is 1. The van der Waals surface area contributed by atoms with E-state index in [0.717, 1.165) is 0 Å². The monoisotopic (exact) mass is 333 g/mol. The summed E-state index contributed by atoms with van der Waals surface area (Å²) in [7, 11) is 0. The Kier molecular flexibility index (Phi) is 4.38. The van der Waals surface area contributed by atoms with Gasteiger partial charge in [-0.15, -0.1) is 10.2 Å². The molecule has 0 fully saturated rings. The van der Waals surface area contributed by atoms with E-state index >= 15 is 0 Å². The molecule has 0 aliphatic heterocycles. The first-order chi connectivity index (χ1) is 11.1. The molecule has 3 aromatic heterocycles. The highest BCUT2D eigenvalue weighted by atomic mass is 32.2. The zero-order valence-corrected chi connectivity index (χ0v) is 13.1. The number of aromatic nitrogens is 3. The van der Waals surface area contributed by atoms with Gasteiger partial charge < -0.3 is 20.0 Å². The zero-order valence-electron chi connectivity index (χ0n) is 12.3. The number of carbonyl (C=O) groups is 1. The highest BCUT2D eigenvalue weighted by Crippen LogP contribution is 2.22. The van der Waals surface area contributed by atoms with Gasteiger partial charge in [0.2, 0.25) is 16.9 Å². The van der Waals surface area contributed by atoms with E-state index in [4.69, 9.17) is 14.7 Å². The van der Waals surface area contributed by atoms with Gasteiger partial charge in [-0.1, -0.05) is 11.8 Å². The Bertz CT molecular complexity index is 767. The third-order valence-electron chi connectivity index (χ3n) is 3.09. The van der Waals surface area contributed by atoms with Crippen LogP contribution < -0.4 is 11.2 Å². The first-order valence-corrected chi connectivity index (χ1v) is 7.83. The van der Waals surface area contributed by atoms with Gasteiger partial charge in [-0.3, -0.25) is 4.79 Å². The average Bonchev–Trinajstić information content (AvgIpc) is 3.27. The van der Waals surface area contributed by atoms with Crippen molar-refractivity contribution in [2.75, 3.05) is 11.6 Å². The molecule has 3 heterocycles. The molecule has 3 N–H and O–H groups in total. The SMILES string of the molecule is CC(NC(=O)CSc1nnc(-c2ccco2)n1N)c1ccco1. The van der Waals surface area contributed by atoms with Crippen molar-refractivity contribution in [2.45, 2.75) is 18.1 Å². The summed E-state index contributed by atoms with van der Waals surface area (Å²) >= 11 is 1.19. The largest absolute Gasteiger partial charge is 0.467 e. The summed E-state index contributed by atoms with van der Waals surface area (Å²) < 4.78 is 11.8. The second-order valence-corrected chi connectivity index (χ2v) is 5.69. The van der Waals surface area contributed by atoms with E-state index in [2.05, 4.69) is 15.5 Å².